The summed E-state index contributed by atoms with van der Waals surface area (Å²) in [7, 11) is -3.77. The van der Waals surface area contributed by atoms with Crippen molar-refractivity contribution in [2.45, 2.75) is 30.8 Å². The summed E-state index contributed by atoms with van der Waals surface area (Å²) in [6.07, 6.45) is -4.76. The molecule has 2 aromatic carbocycles. The van der Waals surface area contributed by atoms with E-state index in [0.29, 0.717) is 6.54 Å². The Bertz CT molecular complexity index is 986. The third-order valence-electron chi connectivity index (χ3n) is 5.42. The molecule has 3 rings (SSSR count). The smallest absolute Gasteiger partial charge is 0.385 e. The zero-order chi connectivity index (χ0) is 20.9. The predicted molar refractivity (Wildman–Crippen MR) is 97.7 cm³/mol. The maximum Gasteiger partial charge on any atom is 0.419 e. The van der Waals surface area contributed by atoms with Crippen LogP contribution in [0, 0.1) is 17.2 Å². The van der Waals surface area contributed by atoms with Gasteiger partial charge in [-0.2, -0.15) is 13.2 Å². The van der Waals surface area contributed by atoms with E-state index in [4.69, 9.17) is 5.14 Å². The topological polar surface area (TPSA) is 72.2 Å². The Morgan fingerprint density at radius 1 is 1.11 bits per heavy atom. The van der Waals surface area contributed by atoms with E-state index >= 15 is 0 Å². The average Bonchev–Trinajstić information content (AvgIpc) is 3.13. The number of nitrogens with two attached hydrogens (primary N) is 1. The summed E-state index contributed by atoms with van der Waals surface area (Å²) >= 11 is 0. The molecule has 0 spiro atoms. The largest absolute Gasteiger partial charge is 0.419 e. The van der Waals surface area contributed by atoms with E-state index in [1.807, 2.05) is 13.8 Å². The lowest BCUT2D eigenvalue weighted by molar-refractivity contribution is -0.139. The van der Waals surface area contributed by atoms with E-state index in [-0.39, 0.29) is 27.8 Å². The molecule has 1 aliphatic rings. The fraction of sp³-hybridized carbons (Fsp3) is 0.368. The van der Waals surface area contributed by atoms with E-state index in [1.54, 1.807) is 12.1 Å². The summed E-state index contributed by atoms with van der Waals surface area (Å²) in [5.41, 5.74) is -0.301. The Kier molecular flexibility index (Phi) is 4.95. The first-order valence-electron chi connectivity index (χ1n) is 8.55. The summed E-state index contributed by atoms with van der Waals surface area (Å²) in [5, 5.41) is 8.05. The number of nitrogens with one attached hydrogen (secondary N) is 1. The van der Waals surface area contributed by atoms with Gasteiger partial charge in [-0.25, -0.2) is 17.9 Å². The second-order valence-corrected chi connectivity index (χ2v) is 9.15. The molecule has 1 fully saturated rings. The number of halogens is 4. The second kappa shape index (κ2) is 6.73. The van der Waals surface area contributed by atoms with Crippen LogP contribution in [0.25, 0.3) is 0 Å². The van der Waals surface area contributed by atoms with Gasteiger partial charge in [0.05, 0.1) is 10.5 Å². The van der Waals surface area contributed by atoms with Crippen LogP contribution in [0.4, 0.5) is 23.2 Å². The molecule has 0 radical (unpaired) electrons. The van der Waals surface area contributed by atoms with Gasteiger partial charge in [0, 0.05) is 12.2 Å². The molecule has 2 atom stereocenters. The molecule has 4 nitrogen and oxygen atoms in total. The molecule has 0 amide bonds. The van der Waals surface area contributed by atoms with E-state index in [9.17, 15) is 26.0 Å². The Morgan fingerprint density at radius 3 is 2.25 bits per heavy atom. The zero-order valence-corrected chi connectivity index (χ0v) is 16.0. The molecule has 0 saturated heterocycles. The Labute approximate surface area is 160 Å². The monoisotopic (exact) mass is 416 g/mol. The van der Waals surface area contributed by atoms with Crippen molar-refractivity contribution in [2.24, 2.45) is 16.5 Å². The predicted octanol–water partition coefficient (Wildman–Crippen LogP) is 4.34. The summed E-state index contributed by atoms with van der Waals surface area (Å²) in [4.78, 5) is 0.0235. The second-order valence-electron chi connectivity index (χ2n) is 7.59. The number of hydrogen-bond donors (Lipinski definition) is 2. The lowest BCUT2D eigenvalue weighted by Crippen LogP contribution is -2.12. The third-order valence-corrected chi connectivity index (χ3v) is 6.35. The van der Waals surface area contributed by atoms with Crippen molar-refractivity contribution >= 4 is 15.7 Å². The molecule has 0 aromatic heterocycles. The molecular weight excluding hydrogens is 396 g/mol. The molecule has 2 aromatic rings. The number of anilines is 1. The van der Waals surface area contributed by atoms with Crippen LogP contribution in [0.5, 0.6) is 0 Å². The normalized spacial score (nSPS) is 21.4. The van der Waals surface area contributed by atoms with Crippen molar-refractivity contribution in [3.05, 3.63) is 59.4 Å². The molecular formula is C19H20F4N2O2S. The SMILES string of the molecule is CC1(C)[C@H](CNc2ccc(F)c(C(F)(F)F)c2)[C@H]1c1ccc(S(N)(=O)=O)cc1. The number of benzene rings is 2. The van der Waals surface area contributed by atoms with Gasteiger partial charge < -0.3 is 5.32 Å². The first kappa shape index (κ1) is 20.6. The molecule has 0 unspecified atom stereocenters. The Hall–Kier alpha value is -2.13. The molecule has 0 heterocycles. The van der Waals surface area contributed by atoms with E-state index in [0.717, 1.165) is 17.7 Å². The van der Waals surface area contributed by atoms with Gasteiger partial charge in [-0.05, 0) is 53.1 Å². The van der Waals surface area contributed by atoms with E-state index in [1.165, 1.54) is 18.2 Å². The Morgan fingerprint density at radius 2 is 1.71 bits per heavy atom. The van der Waals surface area contributed by atoms with Gasteiger partial charge >= 0.3 is 6.18 Å². The molecule has 0 bridgehead atoms. The summed E-state index contributed by atoms with van der Waals surface area (Å²) in [6, 6.07) is 9.12. The average molecular weight is 416 g/mol. The lowest BCUT2D eigenvalue weighted by Gasteiger charge is -2.12. The molecule has 0 aliphatic heterocycles. The number of primary sulfonamides is 1. The first-order chi connectivity index (χ1) is 12.8. The van der Waals surface area contributed by atoms with Crippen LogP contribution < -0.4 is 10.5 Å². The quantitative estimate of drug-likeness (QED) is 0.712. The van der Waals surface area contributed by atoms with Gasteiger partial charge in [-0.1, -0.05) is 26.0 Å². The highest BCUT2D eigenvalue weighted by Gasteiger charge is 2.57. The molecule has 3 N–H and O–H groups in total. The van der Waals surface area contributed by atoms with Crippen molar-refractivity contribution < 1.29 is 26.0 Å². The number of rotatable bonds is 5. The van der Waals surface area contributed by atoms with Gasteiger partial charge in [0.2, 0.25) is 10.0 Å². The maximum absolute atomic E-state index is 13.4. The van der Waals surface area contributed by atoms with Gasteiger partial charge in [-0.3, -0.25) is 0 Å². The van der Waals surface area contributed by atoms with Crippen molar-refractivity contribution in [2.75, 3.05) is 11.9 Å². The van der Waals surface area contributed by atoms with Crippen molar-refractivity contribution in [3.63, 3.8) is 0 Å². The zero-order valence-electron chi connectivity index (χ0n) is 15.2. The number of alkyl halides is 3. The third kappa shape index (κ3) is 4.00. The summed E-state index contributed by atoms with van der Waals surface area (Å²) in [5.74, 6) is -1.08. The highest BCUT2D eigenvalue weighted by molar-refractivity contribution is 7.89. The fourth-order valence-electron chi connectivity index (χ4n) is 3.73. The summed E-state index contributed by atoms with van der Waals surface area (Å²) in [6.45, 7) is 4.46. The van der Waals surface area contributed by atoms with Crippen LogP contribution in [-0.4, -0.2) is 15.0 Å². The fourth-order valence-corrected chi connectivity index (χ4v) is 4.25. The molecule has 1 saturated carbocycles. The maximum atomic E-state index is 13.4. The van der Waals surface area contributed by atoms with Crippen molar-refractivity contribution in [3.8, 4) is 0 Å². The van der Waals surface area contributed by atoms with Gasteiger partial charge in [0.1, 0.15) is 5.82 Å². The van der Waals surface area contributed by atoms with Gasteiger partial charge in [-0.15, -0.1) is 0 Å². The van der Waals surface area contributed by atoms with Crippen LogP contribution in [-0.2, 0) is 16.2 Å². The first-order valence-corrected chi connectivity index (χ1v) is 10.1. The highest BCUT2D eigenvalue weighted by Crippen LogP contribution is 2.64. The van der Waals surface area contributed by atoms with Crippen LogP contribution in [0.15, 0.2) is 47.4 Å². The van der Waals surface area contributed by atoms with Gasteiger partial charge in [0.25, 0.3) is 0 Å². The van der Waals surface area contributed by atoms with Gasteiger partial charge in [0.15, 0.2) is 0 Å². The number of sulfonamides is 1. The minimum atomic E-state index is -4.76. The van der Waals surface area contributed by atoms with Crippen molar-refractivity contribution in [1.82, 2.24) is 0 Å². The minimum Gasteiger partial charge on any atom is -0.385 e. The van der Waals surface area contributed by atoms with Crippen LogP contribution in [0.3, 0.4) is 0 Å². The standard InChI is InChI=1S/C19H20F4N2O2S/c1-18(2)15(17(18)11-3-6-13(7-4-11)28(24,26)27)10-25-12-5-8-16(20)14(9-12)19(21,22)23/h3-9,15,17,25H,10H2,1-2H3,(H2,24,26,27)/t15-,17-/m1/s1. The molecule has 152 valence electrons. The van der Waals surface area contributed by atoms with Crippen LogP contribution >= 0.6 is 0 Å². The van der Waals surface area contributed by atoms with Crippen molar-refractivity contribution in [1.29, 1.82) is 0 Å². The summed E-state index contributed by atoms with van der Waals surface area (Å²) < 4.78 is 74.7. The minimum absolute atomic E-state index is 0.0235. The van der Waals surface area contributed by atoms with E-state index in [2.05, 4.69) is 5.32 Å². The molecule has 28 heavy (non-hydrogen) atoms. The molecule has 9 heteroatoms. The highest BCUT2D eigenvalue weighted by atomic mass is 32.2. The lowest BCUT2D eigenvalue weighted by atomic mass is 10.0. The van der Waals surface area contributed by atoms with Crippen LogP contribution in [0.2, 0.25) is 0 Å². The Balaban J connectivity index is 1.72. The number of hydrogen-bond acceptors (Lipinski definition) is 3. The van der Waals surface area contributed by atoms with Crippen LogP contribution in [0.1, 0.15) is 30.9 Å². The van der Waals surface area contributed by atoms with E-state index < -0.39 is 27.6 Å². The molecule has 1 aliphatic carbocycles.